The molecule has 7 heteroatoms. The number of nitrogens with one attached hydrogen (secondary N) is 1. The van der Waals surface area contributed by atoms with Crippen LogP contribution in [0.2, 0.25) is 0 Å². The summed E-state index contributed by atoms with van der Waals surface area (Å²) in [6.07, 6.45) is 7.49. The van der Waals surface area contributed by atoms with Gasteiger partial charge in [0.25, 0.3) is 11.5 Å². The first-order chi connectivity index (χ1) is 13.0. The Morgan fingerprint density at radius 2 is 2.19 bits per heavy atom. The molecule has 1 unspecified atom stereocenters. The summed E-state index contributed by atoms with van der Waals surface area (Å²) >= 11 is 0. The molecule has 1 saturated heterocycles. The second-order valence-corrected chi connectivity index (χ2v) is 7.17. The van der Waals surface area contributed by atoms with E-state index in [9.17, 15) is 9.59 Å². The molecule has 0 aromatic carbocycles. The third-order valence-corrected chi connectivity index (χ3v) is 5.00. The number of hydrogen-bond donors (Lipinski definition) is 1. The van der Waals surface area contributed by atoms with Crippen molar-refractivity contribution in [2.75, 3.05) is 11.9 Å². The van der Waals surface area contributed by atoms with Crippen LogP contribution in [-0.2, 0) is 17.8 Å². The summed E-state index contributed by atoms with van der Waals surface area (Å²) in [5, 5.41) is 7.24. The maximum Gasteiger partial charge on any atom is 0.263 e. The van der Waals surface area contributed by atoms with Gasteiger partial charge in [-0.05, 0) is 44.7 Å². The average molecular weight is 372 g/mol. The van der Waals surface area contributed by atoms with Crippen LogP contribution in [0.1, 0.15) is 54.1 Å². The molecule has 1 fully saturated rings. The van der Waals surface area contributed by atoms with Crippen molar-refractivity contribution in [3.63, 3.8) is 0 Å². The molecule has 27 heavy (non-hydrogen) atoms. The number of pyridine rings is 1. The van der Waals surface area contributed by atoms with E-state index >= 15 is 0 Å². The highest BCUT2D eigenvalue weighted by atomic mass is 16.5. The third-order valence-electron chi connectivity index (χ3n) is 5.00. The van der Waals surface area contributed by atoms with Gasteiger partial charge in [0, 0.05) is 24.9 Å². The van der Waals surface area contributed by atoms with Crippen LogP contribution in [0.15, 0.2) is 23.3 Å². The molecule has 0 spiro atoms. The predicted molar refractivity (Wildman–Crippen MR) is 104 cm³/mol. The van der Waals surface area contributed by atoms with E-state index in [0.717, 1.165) is 44.4 Å². The number of carbonyl (C=O) groups excluding carboxylic acids is 1. The van der Waals surface area contributed by atoms with Crippen LogP contribution >= 0.6 is 0 Å². The zero-order valence-electron chi connectivity index (χ0n) is 16.3. The highest BCUT2D eigenvalue weighted by Gasteiger charge is 2.21. The minimum Gasteiger partial charge on any atom is -0.376 e. The second kappa shape index (κ2) is 8.52. The lowest BCUT2D eigenvalue weighted by atomic mass is 10.1. The number of aryl methyl sites for hydroxylation is 3. The largest absolute Gasteiger partial charge is 0.376 e. The Balaban J connectivity index is 1.84. The zero-order valence-corrected chi connectivity index (χ0v) is 16.3. The summed E-state index contributed by atoms with van der Waals surface area (Å²) in [6.45, 7) is 7.74. The number of rotatable bonds is 7. The molecule has 0 aliphatic carbocycles. The van der Waals surface area contributed by atoms with Crippen LogP contribution < -0.4 is 10.9 Å². The molecule has 2 aromatic heterocycles. The van der Waals surface area contributed by atoms with Gasteiger partial charge in [-0.3, -0.25) is 9.59 Å². The number of carbonyl (C=O) groups is 1. The lowest BCUT2D eigenvalue weighted by Gasteiger charge is -2.15. The van der Waals surface area contributed by atoms with E-state index < -0.39 is 0 Å². The first-order valence-corrected chi connectivity index (χ1v) is 9.66. The van der Waals surface area contributed by atoms with Crippen LogP contribution in [-0.4, -0.2) is 33.0 Å². The van der Waals surface area contributed by atoms with Gasteiger partial charge in [0.2, 0.25) is 0 Å². The number of hydrogen-bond acceptors (Lipinski definition) is 4. The average Bonchev–Trinajstić information content (AvgIpc) is 3.27. The number of ether oxygens (including phenoxy) is 1. The van der Waals surface area contributed by atoms with Crippen molar-refractivity contribution < 1.29 is 9.53 Å². The second-order valence-electron chi connectivity index (χ2n) is 7.17. The van der Waals surface area contributed by atoms with Crippen molar-refractivity contribution in [2.45, 2.75) is 65.6 Å². The normalized spacial score (nSPS) is 16.6. The summed E-state index contributed by atoms with van der Waals surface area (Å²) in [7, 11) is 0. The molecule has 1 aliphatic heterocycles. The molecule has 1 amide bonds. The van der Waals surface area contributed by atoms with E-state index in [0.29, 0.717) is 17.9 Å². The van der Waals surface area contributed by atoms with Crippen molar-refractivity contribution >= 4 is 11.7 Å². The fourth-order valence-corrected chi connectivity index (χ4v) is 3.38. The predicted octanol–water partition coefficient (Wildman–Crippen LogP) is 2.89. The van der Waals surface area contributed by atoms with Crippen LogP contribution in [0.25, 0.3) is 0 Å². The Hall–Kier alpha value is -2.41. The molecule has 1 aliphatic rings. The fourth-order valence-electron chi connectivity index (χ4n) is 3.38. The molecule has 0 radical (unpaired) electrons. The molecule has 7 nitrogen and oxygen atoms in total. The van der Waals surface area contributed by atoms with Gasteiger partial charge in [0.15, 0.2) is 0 Å². The first kappa shape index (κ1) is 19.4. The number of unbranched alkanes of at least 4 members (excludes halogenated alkanes) is 1. The van der Waals surface area contributed by atoms with Crippen molar-refractivity contribution in [1.82, 2.24) is 14.3 Å². The molecule has 1 atom stereocenters. The topological polar surface area (TPSA) is 78.2 Å². The van der Waals surface area contributed by atoms with Gasteiger partial charge >= 0.3 is 0 Å². The summed E-state index contributed by atoms with van der Waals surface area (Å²) < 4.78 is 9.00. The van der Waals surface area contributed by atoms with E-state index in [2.05, 4.69) is 17.3 Å². The Morgan fingerprint density at radius 3 is 2.89 bits per heavy atom. The van der Waals surface area contributed by atoms with Crippen molar-refractivity contribution in [3.05, 3.63) is 45.5 Å². The van der Waals surface area contributed by atoms with Gasteiger partial charge < -0.3 is 14.6 Å². The molecule has 0 saturated carbocycles. The molecule has 1 N–H and O–H groups in total. The minimum atomic E-state index is -0.388. The standard InChI is InChI=1S/C20H28N4O3/c1-4-5-9-24-18(15(3)12-21-24)22-19(25)17-14(2)8-10-23(20(17)26)13-16-7-6-11-27-16/h8,10,12,16H,4-7,9,11,13H2,1-3H3,(H,22,25). The Bertz CT molecular complexity index is 863. The minimum absolute atomic E-state index is 0.0408. The fraction of sp³-hybridized carbons (Fsp3) is 0.550. The number of amides is 1. The number of aromatic nitrogens is 3. The molecule has 146 valence electrons. The van der Waals surface area contributed by atoms with Gasteiger partial charge in [-0.1, -0.05) is 13.3 Å². The summed E-state index contributed by atoms with van der Waals surface area (Å²) in [6, 6.07) is 1.81. The summed E-state index contributed by atoms with van der Waals surface area (Å²) in [5.41, 5.74) is 1.45. The van der Waals surface area contributed by atoms with Crippen LogP contribution in [0.3, 0.4) is 0 Å². The Morgan fingerprint density at radius 1 is 1.37 bits per heavy atom. The first-order valence-electron chi connectivity index (χ1n) is 9.66. The number of anilines is 1. The Labute approximate surface area is 159 Å². The maximum absolute atomic E-state index is 12.9. The van der Waals surface area contributed by atoms with E-state index in [4.69, 9.17) is 4.74 Å². The van der Waals surface area contributed by atoms with Gasteiger partial charge in [0.05, 0.1) is 18.8 Å². The summed E-state index contributed by atoms with van der Waals surface area (Å²) in [5.74, 6) is 0.266. The summed E-state index contributed by atoms with van der Waals surface area (Å²) in [4.78, 5) is 25.8. The van der Waals surface area contributed by atoms with Gasteiger partial charge in [-0.2, -0.15) is 5.10 Å². The third kappa shape index (κ3) is 4.30. The molecule has 3 rings (SSSR count). The molecule has 3 heterocycles. The van der Waals surface area contributed by atoms with Crippen molar-refractivity contribution in [1.29, 1.82) is 0 Å². The van der Waals surface area contributed by atoms with Crippen molar-refractivity contribution in [3.8, 4) is 0 Å². The van der Waals surface area contributed by atoms with Crippen LogP contribution in [0.4, 0.5) is 5.82 Å². The van der Waals surface area contributed by atoms with Crippen molar-refractivity contribution in [2.24, 2.45) is 0 Å². The molecular weight excluding hydrogens is 344 g/mol. The Kier molecular flexibility index (Phi) is 6.11. The lowest BCUT2D eigenvalue weighted by molar-refractivity contribution is 0.0952. The van der Waals surface area contributed by atoms with Gasteiger partial charge in [-0.25, -0.2) is 4.68 Å². The molecule has 2 aromatic rings. The quantitative estimate of drug-likeness (QED) is 0.811. The van der Waals surface area contributed by atoms with E-state index in [1.165, 1.54) is 0 Å². The van der Waals surface area contributed by atoms with E-state index in [-0.39, 0.29) is 23.1 Å². The number of nitrogens with zero attached hydrogens (tertiary/aromatic N) is 3. The lowest BCUT2D eigenvalue weighted by Crippen LogP contribution is -2.33. The van der Waals surface area contributed by atoms with E-state index in [1.807, 2.05) is 13.0 Å². The highest BCUT2D eigenvalue weighted by Crippen LogP contribution is 2.17. The van der Waals surface area contributed by atoms with E-state index in [1.54, 1.807) is 28.6 Å². The monoisotopic (exact) mass is 372 g/mol. The smallest absolute Gasteiger partial charge is 0.263 e. The van der Waals surface area contributed by atoms with Gasteiger partial charge in [-0.15, -0.1) is 0 Å². The SMILES string of the molecule is CCCCn1ncc(C)c1NC(=O)c1c(C)ccn(CC2CCCO2)c1=O. The maximum atomic E-state index is 12.9. The molecule has 0 bridgehead atoms. The zero-order chi connectivity index (χ0) is 19.4. The molecular formula is C20H28N4O3. The van der Waals surface area contributed by atoms with Crippen LogP contribution in [0.5, 0.6) is 0 Å². The highest BCUT2D eigenvalue weighted by molar-refractivity contribution is 6.04. The van der Waals surface area contributed by atoms with Crippen LogP contribution in [0, 0.1) is 13.8 Å². The van der Waals surface area contributed by atoms with Gasteiger partial charge in [0.1, 0.15) is 11.4 Å².